The van der Waals surface area contributed by atoms with Crippen molar-refractivity contribution < 1.29 is 13.2 Å². The Morgan fingerprint density at radius 1 is 1.04 bits per heavy atom. The molecule has 0 bridgehead atoms. The van der Waals surface area contributed by atoms with Crippen LogP contribution in [-0.2, 0) is 14.8 Å². The van der Waals surface area contributed by atoms with Gasteiger partial charge in [-0.05, 0) is 43.5 Å². The molecule has 0 N–H and O–H groups in total. The number of hydrogen-bond acceptors (Lipinski definition) is 3. The van der Waals surface area contributed by atoms with Crippen LogP contribution >= 0.6 is 0 Å². The van der Waals surface area contributed by atoms with Crippen LogP contribution in [-0.4, -0.2) is 38.9 Å². The van der Waals surface area contributed by atoms with Crippen LogP contribution in [0.25, 0.3) is 11.1 Å². The van der Waals surface area contributed by atoms with E-state index in [4.69, 9.17) is 0 Å². The minimum absolute atomic E-state index is 0.188. The van der Waals surface area contributed by atoms with Crippen molar-refractivity contribution in [3.8, 4) is 11.1 Å². The number of benzene rings is 2. The largest absolute Gasteiger partial charge is 0.342 e. The zero-order chi connectivity index (χ0) is 19.8. The van der Waals surface area contributed by atoms with E-state index >= 15 is 0 Å². The second-order valence-corrected chi connectivity index (χ2v) is 8.84. The highest BCUT2D eigenvalue weighted by molar-refractivity contribution is 7.93. The number of hydrogen-bond donors (Lipinski definition) is 0. The molecule has 1 aliphatic heterocycles. The van der Waals surface area contributed by atoms with Crippen LogP contribution in [0.1, 0.15) is 39.2 Å². The molecule has 1 amide bonds. The van der Waals surface area contributed by atoms with Gasteiger partial charge in [-0.15, -0.1) is 0 Å². The van der Waals surface area contributed by atoms with E-state index in [9.17, 15) is 13.2 Å². The molecular formula is C21H26N2O3S. The highest BCUT2D eigenvalue weighted by Gasteiger charge is 2.36. The van der Waals surface area contributed by atoms with Gasteiger partial charge in [-0.1, -0.05) is 38.1 Å². The fraction of sp³-hybridized carbons (Fsp3) is 0.381. The van der Waals surface area contributed by atoms with Gasteiger partial charge in [0, 0.05) is 24.2 Å². The Morgan fingerprint density at radius 3 is 2.33 bits per heavy atom. The van der Waals surface area contributed by atoms with Crippen LogP contribution < -0.4 is 4.31 Å². The molecule has 2 aromatic rings. The van der Waals surface area contributed by atoms with Gasteiger partial charge in [0.25, 0.3) is 10.0 Å². The van der Waals surface area contributed by atoms with Gasteiger partial charge in [-0.25, -0.2) is 8.42 Å². The lowest BCUT2D eigenvalue weighted by molar-refractivity contribution is -0.129. The second-order valence-electron chi connectivity index (χ2n) is 7.01. The zero-order valence-electron chi connectivity index (χ0n) is 16.3. The number of fused-ring (bicyclic) bond motifs is 3. The summed E-state index contributed by atoms with van der Waals surface area (Å²) >= 11 is 0. The Bertz CT molecular complexity index is 963. The number of likely N-dealkylation sites (N-methyl/N-ethyl adjacent to an activating group) is 1. The summed E-state index contributed by atoms with van der Waals surface area (Å²) in [5.41, 5.74) is 3.26. The summed E-state index contributed by atoms with van der Waals surface area (Å²) in [5.74, 6) is 0.133. The van der Waals surface area contributed by atoms with E-state index in [-0.39, 0.29) is 17.3 Å². The summed E-state index contributed by atoms with van der Waals surface area (Å²) < 4.78 is 27.8. The average molecular weight is 387 g/mol. The van der Waals surface area contributed by atoms with Crippen LogP contribution in [0.5, 0.6) is 0 Å². The number of carbonyl (C=O) groups excluding carboxylic acids is 1. The molecule has 144 valence electrons. The summed E-state index contributed by atoms with van der Waals surface area (Å²) in [7, 11) is -3.79. The van der Waals surface area contributed by atoms with E-state index in [0.29, 0.717) is 30.3 Å². The average Bonchev–Trinajstić information content (AvgIpc) is 2.65. The Morgan fingerprint density at radius 2 is 1.70 bits per heavy atom. The molecule has 3 rings (SSSR count). The predicted molar refractivity (Wildman–Crippen MR) is 108 cm³/mol. The predicted octanol–water partition coefficient (Wildman–Crippen LogP) is 3.85. The van der Waals surface area contributed by atoms with Crippen LogP contribution in [0.15, 0.2) is 47.4 Å². The van der Waals surface area contributed by atoms with Crippen molar-refractivity contribution in [1.82, 2.24) is 4.90 Å². The number of rotatable bonds is 5. The Hall–Kier alpha value is -2.34. The number of nitrogens with zero attached hydrogens (tertiary/aromatic N) is 2. The van der Waals surface area contributed by atoms with Crippen molar-refractivity contribution in [3.63, 3.8) is 0 Å². The topological polar surface area (TPSA) is 57.7 Å². The maximum Gasteiger partial charge on any atom is 0.265 e. The number of amides is 1. The summed E-state index contributed by atoms with van der Waals surface area (Å²) in [6, 6.07) is 12.8. The molecule has 27 heavy (non-hydrogen) atoms. The third kappa shape index (κ3) is 3.34. The van der Waals surface area contributed by atoms with Crippen LogP contribution in [0.4, 0.5) is 5.69 Å². The van der Waals surface area contributed by atoms with Crippen molar-refractivity contribution >= 4 is 21.6 Å². The standard InChI is InChI=1S/C21H26N2O3S/c1-5-22(6-2)21(24)14-23-19-12-11-16(15(3)4)13-18(19)17-9-7-8-10-20(17)27(23,25)26/h7-13,15H,5-6,14H2,1-4H3. The maximum atomic E-state index is 13.3. The SMILES string of the molecule is CCN(CC)C(=O)CN1c2ccc(C(C)C)cc2-c2ccccc2S1(=O)=O. The molecule has 0 aromatic heterocycles. The molecule has 0 radical (unpaired) electrons. The third-order valence-corrected chi connectivity index (χ3v) is 6.91. The summed E-state index contributed by atoms with van der Waals surface area (Å²) in [6.07, 6.45) is 0. The lowest BCUT2D eigenvalue weighted by Gasteiger charge is -2.33. The van der Waals surface area contributed by atoms with Gasteiger partial charge in [0.05, 0.1) is 10.6 Å². The molecule has 5 nitrogen and oxygen atoms in total. The minimum atomic E-state index is -3.79. The maximum absolute atomic E-state index is 13.3. The van der Waals surface area contributed by atoms with Crippen LogP contribution in [0.2, 0.25) is 0 Å². The molecule has 0 aliphatic carbocycles. The number of anilines is 1. The molecule has 0 atom stereocenters. The molecule has 0 fully saturated rings. The lowest BCUT2D eigenvalue weighted by Crippen LogP contribution is -2.44. The molecule has 2 aromatic carbocycles. The summed E-state index contributed by atoms with van der Waals surface area (Å²) in [6.45, 7) is 8.92. The smallest absolute Gasteiger partial charge is 0.265 e. The van der Waals surface area contributed by atoms with E-state index in [0.717, 1.165) is 11.1 Å². The highest BCUT2D eigenvalue weighted by atomic mass is 32.2. The van der Waals surface area contributed by atoms with Crippen molar-refractivity contribution in [2.24, 2.45) is 0 Å². The molecule has 1 aliphatic rings. The zero-order valence-corrected chi connectivity index (χ0v) is 17.1. The van der Waals surface area contributed by atoms with Crippen molar-refractivity contribution in [1.29, 1.82) is 0 Å². The van der Waals surface area contributed by atoms with Gasteiger partial charge >= 0.3 is 0 Å². The molecular weight excluding hydrogens is 360 g/mol. The monoisotopic (exact) mass is 386 g/mol. The van der Waals surface area contributed by atoms with Gasteiger partial charge < -0.3 is 4.90 Å². The second kappa shape index (κ2) is 7.35. The Kier molecular flexibility index (Phi) is 5.29. The first kappa shape index (κ1) is 19.4. The molecule has 0 unspecified atom stereocenters. The molecule has 0 saturated carbocycles. The first-order chi connectivity index (χ1) is 12.8. The van der Waals surface area contributed by atoms with E-state index < -0.39 is 10.0 Å². The van der Waals surface area contributed by atoms with Gasteiger partial charge in [0.2, 0.25) is 5.91 Å². The summed E-state index contributed by atoms with van der Waals surface area (Å²) in [4.78, 5) is 14.6. The van der Waals surface area contributed by atoms with E-state index in [1.54, 1.807) is 17.0 Å². The van der Waals surface area contributed by atoms with Crippen molar-refractivity contribution in [2.45, 2.75) is 38.5 Å². The molecule has 0 spiro atoms. The minimum Gasteiger partial charge on any atom is -0.342 e. The first-order valence-corrected chi connectivity index (χ1v) is 10.8. The van der Waals surface area contributed by atoms with Crippen LogP contribution in [0, 0.1) is 0 Å². The third-order valence-electron chi connectivity index (χ3n) is 5.10. The van der Waals surface area contributed by atoms with Gasteiger partial charge in [-0.3, -0.25) is 9.10 Å². The number of carbonyl (C=O) groups is 1. The first-order valence-electron chi connectivity index (χ1n) is 9.35. The Labute approximate surface area is 161 Å². The summed E-state index contributed by atoms with van der Waals surface area (Å²) in [5, 5.41) is 0. The molecule has 1 heterocycles. The van der Waals surface area contributed by atoms with Gasteiger partial charge in [0.15, 0.2) is 0 Å². The van der Waals surface area contributed by atoms with Gasteiger partial charge in [-0.2, -0.15) is 0 Å². The van der Waals surface area contributed by atoms with Crippen molar-refractivity contribution in [3.05, 3.63) is 48.0 Å². The quantitative estimate of drug-likeness (QED) is 0.784. The normalized spacial score (nSPS) is 14.6. The number of sulfonamides is 1. The highest BCUT2D eigenvalue weighted by Crippen LogP contribution is 2.43. The van der Waals surface area contributed by atoms with Crippen LogP contribution in [0.3, 0.4) is 0 Å². The lowest BCUT2D eigenvalue weighted by atomic mass is 9.95. The molecule has 6 heteroatoms. The van der Waals surface area contributed by atoms with Gasteiger partial charge in [0.1, 0.15) is 6.54 Å². The van der Waals surface area contributed by atoms with E-state index in [1.807, 2.05) is 44.2 Å². The fourth-order valence-electron chi connectivity index (χ4n) is 3.48. The Balaban J connectivity index is 2.17. The van der Waals surface area contributed by atoms with E-state index in [1.165, 1.54) is 4.31 Å². The van der Waals surface area contributed by atoms with Crippen molar-refractivity contribution in [2.75, 3.05) is 23.9 Å². The molecule has 0 saturated heterocycles. The fourth-order valence-corrected chi connectivity index (χ4v) is 5.12. The van der Waals surface area contributed by atoms with E-state index in [2.05, 4.69) is 13.8 Å².